The zero-order valence-electron chi connectivity index (χ0n) is 14.2. The van der Waals surface area contributed by atoms with Crippen LogP contribution in [-0.4, -0.2) is 37.9 Å². The molecule has 0 atom stereocenters. The summed E-state index contributed by atoms with van der Waals surface area (Å²) < 4.78 is 1.83. The fourth-order valence-electron chi connectivity index (χ4n) is 3.05. The Kier molecular flexibility index (Phi) is 4.59. The number of anilines is 1. The van der Waals surface area contributed by atoms with Gasteiger partial charge in [0.15, 0.2) is 5.16 Å². The molecule has 2 heterocycles. The van der Waals surface area contributed by atoms with Gasteiger partial charge in [0.25, 0.3) is 5.69 Å². The fraction of sp³-hybridized carbons (Fsp3) is 0.167. The quantitative estimate of drug-likeness (QED) is 0.383. The van der Waals surface area contributed by atoms with E-state index in [1.807, 2.05) is 34.9 Å². The first-order chi connectivity index (χ1) is 13.1. The lowest BCUT2D eigenvalue weighted by Gasteiger charge is -2.17. The molecule has 0 unspecified atom stereocenters. The number of aromatic nitrogens is 3. The maximum atomic E-state index is 12.7. The van der Waals surface area contributed by atoms with Crippen LogP contribution in [0.3, 0.4) is 0 Å². The molecule has 1 aliphatic heterocycles. The van der Waals surface area contributed by atoms with E-state index in [2.05, 4.69) is 10.2 Å². The minimum Gasteiger partial charge on any atom is -0.311 e. The number of carbonyl (C=O) groups is 1. The van der Waals surface area contributed by atoms with E-state index < -0.39 is 4.92 Å². The van der Waals surface area contributed by atoms with Crippen molar-refractivity contribution in [2.45, 2.75) is 11.6 Å². The molecule has 3 aromatic rings. The lowest BCUT2D eigenvalue weighted by atomic mass is 10.1. The van der Waals surface area contributed by atoms with E-state index >= 15 is 0 Å². The summed E-state index contributed by atoms with van der Waals surface area (Å²) in [5.74, 6) is 0.150. The fourth-order valence-corrected chi connectivity index (χ4v) is 3.86. The summed E-state index contributed by atoms with van der Waals surface area (Å²) >= 11 is 1.32. The summed E-state index contributed by atoms with van der Waals surface area (Å²) in [6, 6.07) is 14.3. The molecule has 9 heteroatoms. The average molecular weight is 381 g/mol. The van der Waals surface area contributed by atoms with Crippen LogP contribution in [-0.2, 0) is 11.2 Å². The van der Waals surface area contributed by atoms with E-state index in [4.69, 9.17) is 0 Å². The van der Waals surface area contributed by atoms with Gasteiger partial charge in [-0.2, -0.15) is 0 Å². The Labute approximate surface area is 159 Å². The molecule has 27 heavy (non-hydrogen) atoms. The minimum absolute atomic E-state index is 0.0494. The smallest absolute Gasteiger partial charge is 0.269 e. The Balaban J connectivity index is 1.47. The van der Waals surface area contributed by atoms with Crippen molar-refractivity contribution in [1.82, 2.24) is 14.8 Å². The second kappa shape index (κ2) is 7.20. The normalized spacial score (nSPS) is 12.8. The molecule has 0 radical (unpaired) electrons. The standard InChI is InChI=1S/C18H15N5O3S/c24-17(21-9-8-13-10-15(23(25)26)6-7-16(13)21)11-27-18-20-19-12-22(18)14-4-2-1-3-5-14/h1-7,10,12H,8-9,11H2. The summed E-state index contributed by atoms with van der Waals surface area (Å²) in [6.07, 6.45) is 2.24. The van der Waals surface area contributed by atoms with Crippen molar-refractivity contribution in [2.24, 2.45) is 0 Å². The number of benzene rings is 2. The largest absolute Gasteiger partial charge is 0.311 e. The van der Waals surface area contributed by atoms with Crippen LogP contribution in [0.2, 0.25) is 0 Å². The molecule has 1 amide bonds. The van der Waals surface area contributed by atoms with Gasteiger partial charge in [-0.15, -0.1) is 10.2 Å². The summed E-state index contributed by atoms with van der Waals surface area (Å²) in [5, 5.41) is 19.6. The maximum absolute atomic E-state index is 12.7. The Bertz CT molecular complexity index is 1010. The first-order valence-electron chi connectivity index (χ1n) is 8.29. The van der Waals surface area contributed by atoms with Crippen LogP contribution in [0.15, 0.2) is 60.0 Å². The number of hydrogen-bond donors (Lipinski definition) is 0. The maximum Gasteiger partial charge on any atom is 0.269 e. The van der Waals surface area contributed by atoms with Crippen LogP contribution in [0.5, 0.6) is 0 Å². The number of thioether (sulfide) groups is 1. The summed E-state index contributed by atoms with van der Waals surface area (Å²) in [6.45, 7) is 0.529. The number of non-ortho nitro benzene ring substituents is 1. The number of fused-ring (bicyclic) bond motifs is 1. The topological polar surface area (TPSA) is 94.2 Å². The third-order valence-corrected chi connectivity index (χ3v) is 5.27. The molecule has 8 nitrogen and oxygen atoms in total. The number of hydrogen-bond acceptors (Lipinski definition) is 6. The highest BCUT2D eigenvalue weighted by molar-refractivity contribution is 7.99. The number of carbonyl (C=O) groups excluding carboxylic acids is 1. The first kappa shape index (κ1) is 17.2. The predicted molar refractivity (Wildman–Crippen MR) is 101 cm³/mol. The highest BCUT2D eigenvalue weighted by Gasteiger charge is 2.26. The molecule has 136 valence electrons. The van der Waals surface area contributed by atoms with Gasteiger partial charge in [0.2, 0.25) is 5.91 Å². The molecular weight excluding hydrogens is 366 g/mol. The van der Waals surface area contributed by atoms with Gasteiger partial charge in [0, 0.05) is 30.1 Å². The molecule has 0 spiro atoms. The third-order valence-electron chi connectivity index (χ3n) is 4.35. The average Bonchev–Trinajstić information content (AvgIpc) is 3.33. The second-order valence-electron chi connectivity index (χ2n) is 5.97. The molecule has 0 fully saturated rings. The number of nitro groups is 1. The minimum atomic E-state index is -0.420. The molecule has 4 rings (SSSR count). The molecule has 1 aliphatic rings. The number of amides is 1. The van der Waals surface area contributed by atoms with E-state index in [0.717, 1.165) is 16.9 Å². The van der Waals surface area contributed by atoms with Crippen LogP contribution >= 0.6 is 11.8 Å². The van der Waals surface area contributed by atoms with Crippen LogP contribution < -0.4 is 4.90 Å². The van der Waals surface area contributed by atoms with Gasteiger partial charge in [0.1, 0.15) is 6.33 Å². The molecular formula is C18H15N5O3S. The number of para-hydroxylation sites is 1. The Morgan fingerprint density at radius 3 is 2.81 bits per heavy atom. The van der Waals surface area contributed by atoms with E-state index in [0.29, 0.717) is 18.1 Å². The molecule has 0 bridgehead atoms. The van der Waals surface area contributed by atoms with E-state index in [1.54, 1.807) is 23.4 Å². The van der Waals surface area contributed by atoms with Crippen LogP contribution in [0.4, 0.5) is 11.4 Å². The van der Waals surface area contributed by atoms with Gasteiger partial charge >= 0.3 is 0 Å². The second-order valence-corrected chi connectivity index (χ2v) is 6.92. The first-order valence-corrected chi connectivity index (χ1v) is 9.28. The highest BCUT2D eigenvalue weighted by atomic mass is 32.2. The molecule has 1 aromatic heterocycles. The van der Waals surface area contributed by atoms with Crippen molar-refractivity contribution in [3.05, 3.63) is 70.5 Å². The van der Waals surface area contributed by atoms with Gasteiger partial charge in [-0.25, -0.2) is 0 Å². The Morgan fingerprint density at radius 2 is 2.04 bits per heavy atom. The summed E-state index contributed by atoms with van der Waals surface area (Å²) in [5.41, 5.74) is 2.55. The van der Waals surface area contributed by atoms with Crippen molar-refractivity contribution in [3.8, 4) is 5.69 Å². The zero-order chi connectivity index (χ0) is 18.8. The van der Waals surface area contributed by atoms with Crippen molar-refractivity contribution in [2.75, 3.05) is 17.2 Å². The van der Waals surface area contributed by atoms with Gasteiger partial charge in [0.05, 0.1) is 10.7 Å². The molecule has 0 N–H and O–H groups in total. The van der Waals surface area contributed by atoms with Crippen LogP contribution in [0, 0.1) is 10.1 Å². The SMILES string of the molecule is O=C(CSc1nncn1-c1ccccc1)N1CCc2cc([N+](=O)[O-])ccc21. The number of rotatable bonds is 5. The van der Waals surface area contributed by atoms with Crippen molar-refractivity contribution in [1.29, 1.82) is 0 Å². The van der Waals surface area contributed by atoms with Crippen molar-refractivity contribution < 1.29 is 9.72 Å². The summed E-state index contributed by atoms with van der Waals surface area (Å²) in [7, 11) is 0. The highest BCUT2D eigenvalue weighted by Crippen LogP contribution is 2.32. The van der Waals surface area contributed by atoms with Gasteiger partial charge in [-0.3, -0.25) is 19.5 Å². The lowest BCUT2D eigenvalue weighted by Crippen LogP contribution is -2.30. The third kappa shape index (κ3) is 3.41. The van der Waals surface area contributed by atoms with Crippen LogP contribution in [0.25, 0.3) is 5.69 Å². The van der Waals surface area contributed by atoms with Gasteiger partial charge < -0.3 is 4.90 Å². The Hall–Kier alpha value is -3.20. The molecule has 0 saturated heterocycles. The number of nitro benzene ring substituents is 1. The number of nitrogens with zero attached hydrogens (tertiary/aromatic N) is 5. The zero-order valence-corrected chi connectivity index (χ0v) is 15.0. The van der Waals surface area contributed by atoms with Crippen molar-refractivity contribution >= 4 is 29.0 Å². The van der Waals surface area contributed by atoms with Crippen molar-refractivity contribution in [3.63, 3.8) is 0 Å². The molecule has 0 aliphatic carbocycles. The van der Waals surface area contributed by atoms with Gasteiger partial charge in [-0.05, 0) is 30.2 Å². The predicted octanol–water partition coefficient (Wildman–Crippen LogP) is 2.86. The monoisotopic (exact) mass is 381 g/mol. The lowest BCUT2D eigenvalue weighted by molar-refractivity contribution is -0.384. The van der Waals surface area contributed by atoms with E-state index in [9.17, 15) is 14.9 Å². The molecule has 2 aromatic carbocycles. The van der Waals surface area contributed by atoms with Gasteiger partial charge in [-0.1, -0.05) is 30.0 Å². The Morgan fingerprint density at radius 1 is 1.22 bits per heavy atom. The summed E-state index contributed by atoms with van der Waals surface area (Å²) in [4.78, 5) is 24.8. The molecule has 0 saturated carbocycles. The van der Waals surface area contributed by atoms with E-state index in [1.165, 1.54) is 17.8 Å². The van der Waals surface area contributed by atoms with E-state index in [-0.39, 0.29) is 17.3 Å². The van der Waals surface area contributed by atoms with Crippen LogP contribution in [0.1, 0.15) is 5.56 Å².